The van der Waals surface area contributed by atoms with E-state index in [0.29, 0.717) is 24.0 Å². The van der Waals surface area contributed by atoms with Gasteiger partial charge in [0.15, 0.2) is 0 Å². The van der Waals surface area contributed by atoms with E-state index in [1.165, 1.54) is 0 Å². The number of rotatable bonds is 8. The molecule has 0 bridgehead atoms. The van der Waals surface area contributed by atoms with E-state index in [0.717, 1.165) is 48.0 Å². The highest BCUT2D eigenvalue weighted by atomic mass is 16.5. The third kappa shape index (κ3) is 5.16. The van der Waals surface area contributed by atoms with E-state index in [1.807, 2.05) is 61.5 Å². The molecule has 1 amide bonds. The molecule has 1 aliphatic carbocycles. The van der Waals surface area contributed by atoms with Crippen LogP contribution in [0, 0.1) is 5.92 Å². The highest BCUT2D eigenvalue weighted by molar-refractivity contribution is 5.90. The Hall–Kier alpha value is -3.55. The first-order chi connectivity index (χ1) is 16.5. The number of hydrogen-bond donors (Lipinski definition) is 2. The third-order valence-electron chi connectivity index (χ3n) is 6.41. The Morgan fingerprint density at radius 1 is 0.971 bits per heavy atom. The van der Waals surface area contributed by atoms with Crippen molar-refractivity contribution in [3.05, 3.63) is 48.0 Å². The van der Waals surface area contributed by atoms with Crippen LogP contribution < -0.4 is 25.0 Å². The topological polar surface area (TPSA) is 88.6 Å². The Balaban J connectivity index is 1.35. The van der Waals surface area contributed by atoms with Gasteiger partial charge in [0.05, 0.1) is 31.8 Å². The second-order valence-corrected chi connectivity index (χ2v) is 8.83. The maximum Gasteiger partial charge on any atom is 0.225 e. The minimum Gasteiger partial charge on any atom is -0.496 e. The maximum atomic E-state index is 12.9. The summed E-state index contributed by atoms with van der Waals surface area (Å²) in [6, 6.07) is 13.9. The molecule has 8 heteroatoms. The number of benzene rings is 2. The van der Waals surface area contributed by atoms with E-state index in [4.69, 9.17) is 19.4 Å². The number of aromatic nitrogens is 2. The Labute approximate surface area is 200 Å². The molecule has 2 aromatic carbocycles. The summed E-state index contributed by atoms with van der Waals surface area (Å²) >= 11 is 0. The quantitative estimate of drug-likeness (QED) is 0.522. The molecular weight excluding hydrogens is 430 g/mol. The smallest absolute Gasteiger partial charge is 0.225 e. The first-order valence-corrected chi connectivity index (χ1v) is 11.7. The molecule has 0 saturated heterocycles. The zero-order chi connectivity index (χ0) is 24.1. The third-order valence-corrected chi connectivity index (χ3v) is 6.41. The van der Waals surface area contributed by atoms with Crippen LogP contribution in [-0.2, 0) is 11.3 Å². The van der Waals surface area contributed by atoms with Crippen LogP contribution in [0.2, 0.25) is 0 Å². The highest BCUT2D eigenvalue weighted by Gasteiger charge is 2.27. The molecule has 1 heterocycles. The van der Waals surface area contributed by atoms with Crippen molar-refractivity contribution in [1.82, 2.24) is 15.3 Å². The number of hydrogen-bond acceptors (Lipinski definition) is 7. The predicted octanol–water partition coefficient (Wildman–Crippen LogP) is 4.00. The summed E-state index contributed by atoms with van der Waals surface area (Å²) in [4.78, 5) is 24.3. The van der Waals surface area contributed by atoms with Crippen molar-refractivity contribution >= 4 is 28.6 Å². The lowest BCUT2D eigenvalue weighted by Gasteiger charge is -2.29. The van der Waals surface area contributed by atoms with Gasteiger partial charge in [-0.3, -0.25) is 4.79 Å². The Kier molecular flexibility index (Phi) is 7.35. The molecule has 1 aliphatic rings. The van der Waals surface area contributed by atoms with Crippen LogP contribution in [-0.4, -0.2) is 50.2 Å². The molecule has 8 nitrogen and oxygen atoms in total. The summed E-state index contributed by atoms with van der Waals surface area (Å²) in [5.41, 5.74) is 1.77. The molecule has 0 radical (unpaired) electrons. The lowest BCUT2D eigenvalue weighted by atomic mass is 9.85. The Bertz CT molecular complexity index is 1120. The fourth-order valence-corrected chi connectivity index (χ4v) is 4.57. The fraction of sp³-hybridized carbons (Fsp3) is 0.423. The van der Waals surface area contributed by atoms with Crippen molar-refractivity contribution in [3.63, 3.8) is 0 Å². The number of ether oxygens (including phenoxy) is 2. The van der Waals surface area contributed by atoms with Gasteiger partial charge >= 0.3 is 0 Å². The molecule has 4 rings (SSSR count). The number of nitrogens with zero attached hydrogens (tertiary/aromatic N) is 3. The largest absolute Gasteiger partial charge is 0.496 e. The standard InChI is InChI=1S/C26H33N5O3/c1-31(2)24-19-8-5-6-9-21(19)29-26(30-24)28-18-14-12-17(13-15-18)25(32)27-16-20-22(33-3)10-7-11-23(20)34-4/h5-11,17-18H,12-16H2,1-4H3,(H,27,32)(H,28,29,30). The van der Waals surface area contributed by atoms with E-state index >= 15 is 0 Å². The summed E-state index contributed by atoms with van der Waals surface area (Å²) in [5, 5.41) is 7.61. The zero-order valence-corrected chi connectivity index (χ0v) is 20.3. The number of anilines is 2. The first kappa shape index (κ1) is 23.6. The Morgan fingerprint density at radius 2 is 1.65 bits per heavy atom. The van der Waals surface area contributed by atoms with Gasteiger partial charge in [-0.2, -0.15) is 4.98 Å². The van der Waals surface area contributed by atoms with Crippen LogP contribution in [0.4, 0.5) is 11.8 Å². The molecular formula is C26H33N5O3. The summed E-state index contributed by atoms with van der Waals surface area (Å²) in [5.74, 6) is 3.02. The molecule has 1 fully saturated rings. The maximum absolute atomic E-state index is 12.9. The second kappa shape index (κ2) is 10.6. The molecule has 0 atom stereocenters. The van der Waals surface area contributed by atoms with Crippen LogP contribution in [0.15, 0.2) is 42.5 Å². The van der Waals surface area contributed by atoms with Gasteiger partial charge in [-0.1, -0.05) is 18.2 Å². The number of fused-ring (bicyclic) bond motifs is 1. The van der Waals surface area contributed by atoms with E-state index in [2.05, 4.69) is 10.6 Å². The average Bonchev–Trinajstić information content (AvgIpc) is 2.86. The second-order valence-electron chi connectivity index (χ2n) is 8.83. The lowest BCUT2D eigenvalue weighted by Crippen LogP contribution is -2.36. The van der Waals surface area contributed by atoms with Crippen LogP contribution >= 0.6 is 0 Å². The molecule has 0 unspecified atom stereocenters. The van der Waals surface area contributed by atoms with Crippen LogP contribution in [0.3, 0.4) is 0 Å². The first-order valence-electron chi connectivity index (χ1n) is 11.7. The van der Waals surface area contributed by atoms with Crippen molar-refractivity contribution in [1.29, 1.82) is 0 Å². The number of carbonyl (C=O) groups is 1. The van der Waals surface area contributed by atoms with Crippen molar-refractivity contribution in [2.45, 2.75) is 38.3 Å². The van der Waals surface area contributed by atoms with Gasteiger partial charge in [-0.15, -0.1) is 0 Å². The van der Waals surface area contributed by atoms with Crippen molar-refractivity contribution in [3.8, 4) is 11.5 Å². The fourth-order valence-electron chi connectivity index (χ4n) is 4.57. The van der Waals surface area contributed by atoms with E-state index in [9.17, 15) is 4.79 Å². The summed E-state index contributed by atoms with van der Waals surface area (Å²) < 4.78 is 10.9. The number of methoxy groups -OCH3 is 2. The highest BCUT2D eigenvalue weighted by Crippen LogP contribution is 2.30. The van der Waals surface area contributed by atoms with Crippen molar-refractivity contribution in [2.24, 2.45) is 5.92 Å². The number of carbonyl (C=O) groups excluding carboxylic acids is 1. The van der Waals surface area contributed by atoms with Gasteiger partial charge in [0.25, 0.3) is 0 Å². The number of amides is 1. The van der Waals surface area contributed by atoms with E-state index in [1.54, 1.807) is 14.2 Å². The minimum atomic E-state index is -0.00592. The van der Waals surface area contributed by atoms with Crippen molar-refractivity contribution < 1.29 is 14.3 Å². The molecule has 0 aliphatic heterocycles. The summed E-state index contributed by atoms with van der Waals surface area (Å²) in [7, 11) is 7.22. The SMILES string of the molecule is COc1cccc(OC)c1CNC(=O)C1CCC(Nc2nc(N(C)C)c3ccccc3n2)CC1. The van der Waals surface area contributed by atoms with E-state index in [-0.39, 0.29) is 17.9 Å². The van der Waals surface area contributed by atoms with Gasteiger partial charge in [0.1, 0.15) is 17.3 Å². The average molecular weight is 464 g/mol. The number of para-hydroxylation sites is 1. The van der Waals surface area contributed by atoms with Crippen LogP contribution in [0.25, 0.3) is 10.9 Å². The minimum absolute atomic E-state index is 0.00592. The molecule has 3 aromatic rings. The van der Waals surface area contributed by atoms with Crippen LogP contribution in [0.1, 0.15) is 31.2 Å². The van der Waals surface area contributed by atoms with Gasteiger partial charge < -0.3 is 25.0 Å². The normalized spacial score (nSPS) is 17.8. The molecule has 180 valence electrons. The van der Waals surface area contributed by atoms with Gasteiger partial charge in [0, 0.05) is 31.4 Å². The zero-order valence-electron chi connectivity index (χ0n) is 20.3. The van der Waals surface area contributed by atoms with Gasteiger partial charge in [-0.25, -0.2) is 4.98 Å². The van der Waals surface area contributed by atoms with Gasteiger partial charge in [-0.05, 0) is 49.9 Å². The molecule has 1 saturated carbocycles. The monoisotopic (exact) mass is 463 g/mol. The molecule has 0 spiro atoms. The van der Waals surface area contributed by atoms with Gasteiger partial charge in [0.2, 0.25) is 11.9 Å². The predicted molar refractivity (Wildman–Crippen MR) is 135 cm³/mol. The summed E-state index contributed by atoms with van der Waals surface area (Å²) in [6.07, 6.45) is 3.43. The van der Waals surface area contributed by atoms with Crippen molar-refractivity contribution in [2.75, 3.05) is 38.5 Å². The summed E-state index contributed by atoms with van der Waals surface area (Å²) in [6.45, 7) is 0.377. The van der Waals surface area contributed by atoms with E-state index < -0.39 is 0 Å². The van der Waals surface area contributed by atoms with Crippen LogP contribution in [0.5, 0.6) is 11.5 Å². The molecule has 1 aromatic heterocycles. The molecule has 2 N–H and O–H groups in total. The number of nitrogens with one attached hydrogen (secondary N) is 2. The molecule has 34 heavy (non-hydrogen) atoms. The Morgan fingerprint density at radius 3 is 2.29 bits per heavy atom. The lowest BCUT2D eigenvalue weighted by molar-refractivity contribution is -0.126.